The van der Waals surface area contributed by atoms with Gasteiger partial charge in [-0.15, -0.1) is 0 Å². The summed E-state index contributed by atoms with van der Waals surface area (Å²) in [5.74, 6) is 0.358. The van der Waals surface area contributed by atoms with Gasteiger partial charge in [0.1, 0.15) is 0 Å². The van der Waals surface area contributed by atoms with Crippen LogP contribution >= 0.6 is 0 Å². The minimum absolute atomic E-state index is 0.287. The van der Waals surface area contributed by atoms with Crippen molar-refractivity contribution in [2.24, 2.45) is 0 Å². The van der Waals surface area contributed by atoms with Gasteiger partial charge in [0.25, 0.3) is 0 Å². The Kier molecular flexibility index (Phi) is 2.01. The van der Waals surface area contributed by atoms with Gasteiger partial charge in [-0.1, -0.05) is 13.3 Å². The molecule has 0 bridgehead atoms. The second-order valence-corrected chi connectivity index (χ2v) is 4.81. The fourth-order valence-electron chi connectivity index (χ4n) is 1.21. The fraction of sp³-hybridized carbons (Fsp3) is 1.00. The van der Waals surface area contributed by atoms with Crippen LogP contribution in [0.25, 0.3) is 0 Å². The third kappa shape index (κ3) is 1.18. The van der Waals surface area contributed by atoms with Crippen molar-refractivity contribution in [2.45, 2.75) is 25.8 Å². The van der Waals surface area contributed by atoms with Gasteiger partial charge >= 0.3 is 0 Å². The van der Waals surface area contributed by atoms with E-state index in [2.05, 4.69) is 6.92 Å². The zero-order chi connectivity index (χ0) is 7.78. The smallest absolute Gasteiger partial charge is 0.212 e. The van der Waals surface area contributed by atoms with E-state index in [1.54, 1.807) is 7.05 Å². The molecule has 1 heterocycles. The van der Waals surface area contributed by atoms with E-state index in [0.29, 0.717) is 5.75 Å². The standard InChI is InChI=1S/C6H13NO2S/c1-3-4-6-5-10(8,9)7(6)2/h6H,3-5H2,1-2H3. The predicted molar refractivity (Wildman–Crippen MR) is 40.2 cm³/mol. The summed E-state index contributed by atoms with van der Waals surface area (Å²) >= 11 is 0. The largest absolute Gasteiger partial charge is 0.215 e. The molecule has 0 amide bonds. The van der Waals surface area contributed by atoms with Crippen LogP contribution in [0, 0.1) is 0 Å². The molecule has 60 valence electrons. The van der Waals surface area contributed by atoms with Gasteiger partial charge in [-0.05, 0) is 6.42 Å². The topological polar surface area (TPSA) is 37.4 Å². The van der Waals surface area contributed by atoms with Gasteiger partial charge in [0.15, 0.2) is 0 Å². The molecule has 10 heavy (non-hydrogen) atoms. The molecule has 1 unspecified atom stereocenters. The minimum Gasteiger partial charge on any atom is -0.212 e. The first-order valence-electron chi connectivity index (χ1n) is 3.53. The molecule has 1 fully saturated rings. The maximum atomic E-state index is 10.8. The molecule has 0 aromatic heterocycles. The minimum atomic E-state index is -2.80. The second-order valence-electron chi connectivity index (χ2n) is 2.74. The monoisotopic (exact) mass is 163 g/mol. The fourth-order valence-corrected chi connectivity index (χ4v) is 2.69. The molecule has 0 N–H and O–H groups in total. The third-order valence-corrected chi connectivity index (χ3v) is 3.96. The highest BCUT2D eigenvalue weighted by molar-refractivity contribution is 7.90. The van der Waals surface area contributed by atoms with Gasteiger partial charge in [-0.2, -0.15) is 0 Å². The van der Waals surface area contributed by atoms with Gasteiger partial charge in [0.05, 0.1) is 5.75 Å². The Morgan fingerprint density at radius 1 is 1.60 bits per heavy atom. The number of hydrogen-bond acceptors (Lipinski definition) is 2. The summed E-state index contributed by atoms with van der Waals surface area (Å²) in [7, 11) is -1.15. The normalized spacial score (nSPS) is 31.6. The number of sulfonamides is 1. The summed E-state index contributed by atoms with van der Waals surface area (Å²) in [4.78, 5) is 0. The molecule has 0 aliphatic carbocycles. The average Bonchev–Trinajstić information content (AvgIpc) is 1.87. The summed E-state index contributed by atoms with van der Waals surface area (Å²) in [6.07, 6.45) is 2.06. The molecule has 1 saturated heterocycles. The summed E-state index contributed by atoms with van der Waals surface area (Å²) in [5, 5.41) is 0. The highest BCUT2D eigenvalue weighted by atomic mass is 32.2. The Bertz CT molecular complexity index is 210. The van der Waals surface area contributed by atoms with Crippen LogP contribution in [0.15, 0.2) is 0 Å². The van der Waals surface area contributed by atoms with Crippen LogP contribution in [0.5, 0.6) is 0 Å². The number of nitrogens with zero attached hydrogens (tertiary/aromatic N) is 1. The lowest BCUT2D eigenvalue weighted by molar-refractivity contribution is 0.319. The Balaban J connectivity index is 2.47. The molecule has 4 heteroatoms. The zero-order valence-corrected chi connectivity index (χ0v) is 7.19. The Hall–Kier alpha value is -0.0900. The lowest BCUT2D eigenvalue weighted by Crippen LogP contribution is -2.53. The van der Waals surface area contributed by atoms with Crippen LogP contribution in [-0.4, -0.2) is 31.6 Å². The molecule has 0 spiro atoms. The lowest BCUT2D eigenvalue weighted by Gasteiger charge is -2.36. The van der Waals surface area contributed by atoms with E-state index in [0.717, 1.165) is 12.8 Å². The zero-order valence-electron chi connectivity index (χ0n) is 6.37. The quantitative estimate of drug-likeness (QED) is 0.592. The molecule has 0 radical (unpaired) electrons. The van der Waals surface area contributed by atoms with Crippen molar-refractivity contribution in [1.82, 2.24) is 4.31 Å². The molecular formula is C6H13NO2S. The molecule has 3 nitrogen and oxygen atoms in total. The van der Waals surface area contributed by atoms with Crippen LogP contribution in [0.4, 0.5) is 0 Å². The molecule has 1 atom stereocenters. The summed E-state index contributed by atoms with van der Waals surface area (Å²) < 4.78 is 23.1. The number of rotatable bonds is 2. The first-order valence-corrected chi connectivity index (χ1v) is 5.14. The molecule has 1 rings (SSSR count). The Morgan fingerprint density at radius 3 is 2.50 bits per heavy atom. The maximum Gasteiger partial charge on any atom is 0.215 e. The highest BCUT2D eigenvalue weighted by Crippen LogP contribution is 2.22. The van der Waals surface area contributed by atoms with Gasteiger partial charge < -0.3 is 0 Å². The molecule has 0 aromatic rings. The average molecular weight is 163 g/mol. The second kappa shape index (κ2) is 2.51. The van der Waals surface area contributed by atoms with Gasteiger partial charge in [0.2, 0.25) is 10.0 Å². The van der Waals surface area contributed by atoms with Gasteiger partial charge in [-0.3, -0.25) is 0 Å². The van der Waals surface area contributed by atoms with Crippen LogP contribution < -0.4 is 0 Å². The van der Waals surface area contributed by atoms with E-state index in [-0.39, 0.29) is 6.04 Å². The van der Waals surface area contributed by atoms with E-state index in [1.807, 2.05) is 0 Å². The van der Waals surface area contributed by atoms with E-state index in [1.165, 1.54) is 4.31 Å². The Morgan fingerprint density at radius 2 is 2.20 bits per heavy atom. The Labute approximate surface area is 62.1 Å². The van der Waals surface area contributed by atoms with Crippen LogP contribution in [0.2, 0.25) is 0 Å². The van der Waals surface area contributed by atoms with Crippen molar-refractivity contribution in [3.8, 4) is 0 Å². The van der Waals surface area contributed by atoms with Gasteiger partial charge in [0, 0.05) is 13.1 Å². The molecule has 1 aliphatic heterocycles. The van der Waals surface area contributed by atoms with Crippen molar-refractivity contribution < 1.29 is 8.42 Å². The van der Waals surface area contributed by atoms with Crippen LogP contribution in [-0.2, 0) is 10.0 Å². The van der Waals surface area contributed by atoms with Gasteiger partial charge in [-0.25, -0.2) is 12.7 Å². The highest BCUT2D eigenvalue weighted by Gasteiger charge is 2.38. The molecule has 0 saturated carbocycles. The molecule has 0 aromatic carbocycles. The molecule has 1 aliphatic rings. The van der Waals surface area contributed by atoms with Crippen molar-refractivity contribution in [3.63, 3.8) is 0 Å². The van der Waals surface area contributed by atoms with Crippen molar-refractivity contribution in [1.29, 1.82) is 0 Å². The van der Waals surface area contributed by atoms with E-state index >= 15 is 0 Å². The maximum absolute atomic E-state index is 10.8. The van der Waals surface area contributed by atoms with Crippen LogP contribution in [0.1, 0.15) is 19.8 Å². The van der Waals surface area contributed by atoms with Crippen molar-refractivity contribution in [3.05, 3.63) is 0 Å². The van der Waals surface area contributed by atoms with Crippen molar-refractivity contribution >= 4 is 10.0 Å². The summed E-state index contributed by atoms with van der Waals surface area (Å²) in [5.41, 5.74) is 0. The molecular weight excluding hydrogens is 150 g/mol. The summed E-state index contributed by atoms with van der Waals surface area (Å²) in [6.45, 7) is 2.07. The first-order chi connectivity index (χ1) is 4.58. The van der Waals surface area contributed by atoms with E-state index in [9.17, 15) is 8.42 Å². The van der Waals surface area contributed by atoms with E-state index in [4.69, 9.17) is 0 Å². The van der Waals surface area contributed by atoms with E-state index < -0.39 is 10.0 Å². The predicted octanol–water partition coefficient (Wildman–Crippen LogP) is 0.430. The first kappa shape index (κ1) is 8.01. The number of hydrogen-bond donors (Lipinski definition) is 0. The van der Waals surface area contributed by atoms with Crippen LogP contribution in [0.3, 0.4) is 0 Å². The lowest BCUT2D eigenvalue weighted by atomic mass is 10.2. The van der Waals surface area contributed by atoms with Crippen molar-refractivity contribution in [2.75, 3.05) is 12.8 Å². The third-order valence-electron chi connectivity index (χ3n) is 1.98. The SMILES string of the molecule is CCCC1CS(=O)(=O)N1C. The summed E-state index contributed by atoms with van der Waals surface area (Å²) in [6, 6.07) is 0.287.